The van der Waals surface area contributed by atoms with E-state index in [1.54, 1.807) is 6.92 Å². The van der Waals surface area contributed by atoms with Gasteiger partial charge < -0.3 is 11.1 Å². The molecule has 1 atom stereocenters. The van der Waals surface area contributed by atoms with E-state index in [9.17, 15) is 9.59 Å². The smallest absolute Gasteiger partial charge is 0.260 e. The molecule has 92 valence electrons. The molecule has 0 radical (unpaired) electrons. The summed E-state index contributed by atoms with van der Waals surface area (Å²) >= 11 is 12.8. The fraction of sp³-hybridized carbons (Fsp3) is 0.444. The fourth-order valence-electron chi connectivity index (χ4n) is 1.33. The highest BCUT2D eigenvalue weighted by Crippen LogP contribution is 2.64. The highest BCUT2D eigenvalue weighted by molar-refractivity contribution is 7.17. The van der Waals surface area contributed by atoms with Crippen molar-refractivity contribution in [1.29, 1.82) is 0 Å². The number of carbonyl (C=O) groups is 2. The number of nitrogens with zero attached hydrogens (tertiary/aromatic N) is 1. The highest BCUT2D eigenvalue weighted by Gasteiger charge is 2.68. The number of hydrogen-bond donors (Lipinski definition) is 2. The first-order valence-electron chi connectivity index (χ1n) is 4.71. The van der Waals surface area contributed by atoms with E-state index in [1.165, 1.54) is 6.20 Å². The van der Waals surface area contributed by atoms with Crippen LogP contribution in [-0.2, 0) is 4.79 Å². The lowest BCUT2D eigenvalue weighted by molar-refractivity contribution is -0.120. The number of primary amides is 1. The molecule has 2 rings (SSSR count). The van der Waals surface area contributed by atoms with Crippen molar-refractivity contribution in [3.05, 3.63) is 11.1 Å². The second kappa shape index (κ2) is 3.83. The molecule has 0 unspecified atom stereocenters. The molecule has 0 bridgehead atoms. The zero-order valence-corrected chi connectivity index (χ0v) is 11.1. The molecular formula is C9H9Cl2N3O2S. The number of aromatic nitrogens is 1. The van der Waals surface area contributed by atoms with Crippen molar-refractivity contribution in [3.8, 4) is 0 Å². The van der Waals surface area contributed by atoms with Gasteiger partial charge >= 0.3 is 0 Å². The molecule has 17 heavy (non-hydrogen) atoms. The Morgan fingerprint density at radius 2 is 2.18 bits per heavy atom. The summed E-state index contributed by atoms with van der Waals surface area (Å²) in [6.07, 6.45) is 1.70. The van der Waals surface area contributed by atoms with Gasteiger partial charge in [-0.05, 0) is 13.3 Å². The van der Waals surface area contributed by atoms with Crippen LogP contribution < -0.4 is 11.1 Å². The van der Waals surface area contributed by atoms with Gasteiger partial charge in [0.1, 0.15) is 9.21 Å². The van der Waals surface area contributed by atoms with Crippen molar-refractivity contribution in [2.24, 2.45) is 11.1 Å². The van der Waals surface area contributed by atoms with Gasteiger partial charge in [-0.25, -0.2) is 4.98 Å². The number of rotatable bonds is 3. The Bertz CT molecular complexity index is 502. The minimum Gasteiger partial charge on any atom is -0.365 e. The number of alkyl halides is 2. The van der Waals surface area contributed by atoms with Crippen LogP contribution in [0.5, 0.6) is 0 Å². The molecule has 1 heterocycles. The van der Waals surface area contributed by atoms with Crippen LogP contribution in [0.25, 0.3) is 0 Å². The molecule has 8 heteroatoms. The van der Waals surface area contributed by atoms with Gasteiger partial charge in [0.05, 0.1) is 11.6 Å². The van der Waals surface area contributed by atoms with Crippen molar-refractivity contribution in [1.82, 2.24) is 4.98 Å². The largest absolute Gasteiger partial charge is 0.365 e. The Morgan fingerprint density at radius 1 is 1.59 bits per heavy atom. The molecule has 0 spiro atoms. The summed E-state index contributed by atoms with van der Waals surface area (Å²) in [4.78, 5) is 26.9. The van der Waals surface area contributed by atoms with E-state index >= 15 is 0 Å². The zero-order chi connectivity index (χ0) is 12.8. The van der Waals surface area contributed by atoms with E-state index in [1.807, 2.05) is 0 Å². The molecular weight excluding hydrogens is 285 g/mol. The van der Waals surface area contributed by atoms with Gasteiger partial charge in [-0.3, -0.25) is 9.59 Å². The number of halogens is 2. The molecule has 5 nitrogen and oxygen atoms in total. The third-order valence-corrected chi connectivity index (χ3v) is 4.76. The van der Waals surface area contributed by atoms with Crippen LogP contribution in [0.15, 0.2) is 6.20 Å². The molecule has 1 saturated carbocycles. The van der Waals surface area contributed by atoms with E-state index in [0.29, 0.717) is 11.6 Å². The second-order valence-electron chi connectivity index (χ2n) is 4.06. The molecule has 3 N–H and O–H groups in total. The lowest BCUT2D eigenvalue weighted by Gasteiger charge is -2.10. The Morgan fingerprint density at radius 3 is 2.59 bits per heavy atom. The number of thiazole rings is 1. The zero-order valence-electron chi connectivity index (χ0n) is 8.79. The van der Waals surface area contributed by atoms with E-state index < -0.39 is 15.7 Å². The summed E-state index contributed by atoms with van der Waals surface area (Å²) in [7, 11) is 0. The molecule has 2 amide bonds. The van der Waals surface area contributed by atoms with Crippen molar-refractivity contribution >= 4 is 51.5 Å². The molecule has 0 saturated heterocycles. The minimum absolute atomic E-state index is 0.282. The van der Waals surface area contributed by atoms with E-state index in [2.05, 4.69) is 10.3 Å². The normalized spacial score (nSPS) is 25.4. The maximum Gasteiger partial charge on any atom is 0.260 e. The lowest BCUT2D eigenvalue weighted by Crippen LogP contribution is -2.25. The first kappa shape index (κ1) is 12.6. The predicted octanol–water partition coefficient (Wildman–Crippen LogP) is 1.76. The Kier molecular flexibility index (Phi) is 2.84. The van der Waals surface area contributed by atoms with Gasteiger partial charge in [-0.15, -0.1) is 23.2 Å². The number of nitrogens with one attached hydrogen (secondary N) is 1. The summed E-state index contributed by atoms with van der Waals surface area (Å²) in [5, 5.41) is 2.87. The standard InChI is InChI=1S/C9H9Cl2N3O2S/c1-8(3-9(8,10)11)6(16)14-7-13-2-4(17-7)5(12)15/h2H,3H2,1H3,(H2,12,15)(H,13,14,16)/t8-/m0/s1. The SMILES string of the molecule is C[C@@]1(C(=O)Nc2ncc(C(N)=O)s2)CC1(Cl)Cl. The number of amides is 2. The van der Waals surface area contributed by atoms with Crippen LogP contribution >= 0.6 is 34.5 Å². The van der Waals surface area contributed by atoms with Gasteiger partial charge in [0.2, 0.25) is 5.91 Å². The maximum atomic E-state index is 11.9. The molecule has 1 aliphatic carbocycles. The summed E-state index contributed by atoms with van der Waals surface area (Å²) < 4.78 is -1.03. The number of hydrogen-bond acceptors (Lipinski definition) is 4. The number of nitrogens with two attached hydrogens (primary N) is 1. The van der Waals surface area contributed by atoms with Gasteiger partial charge in [-0.1, -0.05) is 11.3 Å². The average Bonchev–Trinajstić information content (AvgIpc) is 2.63. The summed E-state index contributed by atoms with van der Waals surface area (Å²) in [6, 6.07) is 0. The number of carbonyl (C=O) groups excluding carboxylic acids is 2. The Hall–Kier alpha value is -0.850. The van der Waals surface area contributed by atoms with Crippen molar-refractivity contribution < 1.29 is 9.59 Å². The first-order valence-corrected chi connectivity index (χ1v) is 6.28. The van der Waals surface area contributed by atoms with Gasteiger partial charge in [0.15, 0.2) is 5.13 Å². The molecule has 1 fully saturated rings. The topological polar surface area (TPSA) is 85.1 Å². The Balaban J connectivity index is 2.07. The predicted molar refractivity (Wildman–Crippen MR) is 66.4 cm³/mol. The average molecular weight is 294 g/mol. The van der Waals surface area contributed by atoms with E-state index in [0.717, 1.165) is 11.3 Å². The second-order valence-corrected chi connectivity index (χ2v) is 6.58. The first-order chi connectivity index (χ1) is 7.76. The molecule has 0 aliphatic heterocycles. The Labute approximate surface area is 111 Å². The van der Waals surface area contributed by atoms with Crippen LogP contribution in [0.2, 0.25) is 0 Å². The van der Waals surface area contributed by atoms with E-state index in [-0.39, 0.29) is 10.8 Å². The summed E-state index contributed by atoms with van der Waals surface area (Å²) in [5.41, 5.74) is 4.26. The van der Waals surface area contributed by atoms with Gasteiger partial charge in [0, 0.05) is 0 Å². The number of anilines is 1. The van der Waals surface area contributed by atoms with Crippen LogP contribution in [-0.4, -0.2) is 21.1 Å². The summed E-state index contributed by atoms with van der Waals surface area (Å²) in [5.74, 6) is -0.891. The van der Waals surface area contributed by atoms with Gasteiger partial charge in [-0.2, -0.15) is 0 Å². The van der Waals surface area contributed by atoms with Crippen LogP contribution in [0.1, 0.15) is 23.0 Å². The third-order valence-electron chi connectivity index (χ3n) is 2.73. The van der Waals surface area contributed by atoms with Crippen LogP contribution in [0.4, 0.5) is 5.13 Å². The summed E-state index contributed by atoms with van der Waals surface area (Å²) in [6.45, 7) is 1.67. The third kappa shape index (κ3) is 2.12. The molecule has 1 aromatic rings. The van der Waals surface area contributed by atoms with E-state index in [4.69, 9.17) is 28.9 Å². The van der Waals surface area contributed by atoms with Crippen molar-refractivity contribution in [2.45, 2.75) is 17.7 Å². The highest BCUT2D eigenvalue weighted by atomic mass is 35.5. The quantitative estimate of drug-likeness (QED) is 0.833. The monoisotopic (exact) mass is 293 g/mol. The van der Waals surface area contributed by atoms with Crippen LogP contribution in [0, 0.1) is 5.41 Å². The maximum absolute atomic E-state index is 11.9. The molecule has 1 aliphatic rings. The lowest BCUT2D eigenvalue weighted by atomic mass is 10.1. The van der Waals surface area contributed by atoms with Crippen molar-refractivity contribution in [2.75, 3.05) is 5.32 Å². The van der Waals surface area contributed by atoms with Gasteiger partial charge in [0.25, 0.3) is 5.91 Å². The molecule has 1 aromatic heterocycles. The fourth-order valence-corrected chi connectivity index (χ4v) is 2.70. The van der Waals surface area contributed by atoms with Crippen LogP contribution in [0.3, 0.4) is 0 Å². The van der Waals surface area contributed by atoms with Crippen molar-refractivity contribution in [3.63, 3.8) is 0 Å². The minimum atomic E-state index is -1.03. The molecule has 0 aromatic carbocycles.